The minimum absolute atomic E-state index is 0.168. The molecule has 28 heavy (non-hydrogen) atoms. The van der Waals surface area contributed by atoms with E-state index >= 15 is 0 Å². The van der Waals surface area contributed by atoms with Crippen molar-refractivity contribution in [1.29, 1.82) is 0 Å². The van der Waals surface area contributed by atoms with Crippen molar-refractivity contribution in [3.8, 4) is 11.1 Å². The summed E-state index contributed by atoms with van der Waals surface area (Å²) in [6.45, 7) is 0. The summed E-state index contributed by atoms with van der Waals surface area (Å²) in [6, 6.07) is 13.1. The van der Waals surface area contributed by atoms with Crippen LogP contribution in [-0.2, 0) is 9.53 Å². The third kappa shape index (κ3) is 3.43. The summed E-state index contributed by atoms with van der Waals surface area (Å²) in [5.41, 5.74) is 1.96. The minimum atomic E-state index is -0.823. The number of hydrogen-bond donors (Lipinski definition) is 2. The largest absolute Gasteiger partial charge is 0.389 e. The van der Waals surface area contributed by atoms with E-state index in [0.717, 1.165) is 24.0 Å². The van der Waals surface area contributed by atoms with Crippen LogP contribution in [0, 0.1) is 0 Å². The van der Waals surface area contributed by atoms with E-state index in [0.29, 0.717) is 28.5 Å². The maximum Gasteiger partial charge on any atom is 0.230 e. The zero-order chi connectivity index (χ0) is 19.9. The molecule has 1 saturated carbocycles. The van der Waals surface area contributed by atoms with Gasteiger partial charge in [0.25, 0.3) is 0 Å². The van der Waals surface area contributed by atoms with E-state index in [4.69, 9.17) is 27.9 Å². The van der Waals surface area contributed by atoms with Crippen LogP contribution >= 0.6 is 23.2 Å². The number of amides is 1. The molecule has 2 unspecified atom stereocenters. The highest BCUT2D eigenvalue weighted by Gasteiger charge is 2.54. The SMILES string of the molecule is COC1CCC2(CC1)NC(=O)C(c1cc(-c3ccc(Cl)cc3)ccc1Cl)C2O. The Balaban J connectivity index is 1.66. The molecule has 1 spiro atoms. The number of methoxy groups -OCH3 is 1. The van der Waals surface area contributed by atoms with Crippen LogP contribution in [0.25, 0.3) is 11.1 Å². The van der Waals surface area contributed by atoms with Crippen molar-refractivity contribution in [1.82, 2.24) is 5.32 Å². The molecule has 1 saturated heterocycles. The fourth-order valence-electron chi connectivity index (χ4n) is 4.54. The monoisotopic (exact) mass is 419 g/mol. The van der Waals surface area contributed by atoms with Gasteiger partial charge in [-0.2, -0.15) is 0 Å². The Bertz CT molecular complexity index is 876. The molecule has 1 heterocycles. The highest BCUT2D eigenvalue weighted by Crippen LogP contribution is 2.44. The van der Waals surface area contributed by atoms with Crippen molar-refractivity contribution in [2.75, 3.05) is 7.11 Å². The molecule has 6 heteroatoms. The zero-order valence-electron chi connectivity index (χ0n) is 15.6. The van der Waals surface area contributed by atoms with Crippen LogP contribution < -0.4 is 5.32 Å². The molecule has 148 valence electrons. The lowest BCUT2D eigenvalue weighted by molar-refractivity contribution is -0.121. The maximum absolute atomic E-state index is 12.9. The average molecular weight is 420 g/mol. The predicted octanol–water partition coefficient (Wildman–Crippen LogP) is 4.56. The Kier molecular flexibility index (Phi) is 5.41. The van der Waals surface area contributed by atoms with Crippen molar-refractivity contribution >= 4 is 29.1 Å². The van der Waals surface area contributed by atoms with Gasteiger partial charge in [-0.1, -0.05) is 41.4 Å². The van der Waals surface area contributed by atoms with E-state index in [1.807, 2.05) is 36.4 Å². The molecular weight excluding hydrogens is 397 g/mol. The number of hydrogen-bond acceptors (Lipinski definition) is 3. The highest BCUT2D eigenvalue weighted by atomic mass is 35.5. The second-order valence-electron chi connectivity index (χ2n) is 7.75. The number of aliphatic hydroxyl groups is 1. The molecule has 2 fully saturated rings. The van der Waals surface area contributed by atoms with Gasteiger partial charge in [-0.15, -0.1) is 0 Å². The van der Waals surface area contributed by atoms with Gasteiger partial charge in [-0.05, 0) is 66.6 Å². The van der Waals surface area contributed by atoms with E-state index in [9.17, 15) is 9.90 Å². The molecule has 1 amide bonds. The van der Waals surface area contributed by atoms with Gasteiger partial charge in [0.1, 0.15) is 0 Å². The maximum atomic E-state index is 12.9. The summed E-state index contributed by atoms with van der Waals surface area (Å²) in [5, 5.41) is 15.4. The lowest BCUT2D eigenvalue weighted by Crippen LogP contribution is -2.52. The smallest absolute Gasteiger partial charge is 0.230 e. The van der Waals surface area contributed by atoms with Crippen LogP contribution in [0.3, 0.4) is 0 Å². The van der Waals surface area contributed by atoms with E-state index in [-0.39, 0.29) is 12.0 Å². The topological polar surface area (TPSA) is 58.6 Å². The molecule has 2 atom stereocenters. The van der Waals surface area contributed by atoms with Crippen LogP contribution in [0.4, 0.5) is 0 Å². The first-order valence-corrected chi connectivity index (χ1v) is 10.3. The molecule has 4 nitrogen and oxygen atoms in total. The zero-order valence-corrected chi connectivity index (χ0v) is 17.1. The number of aliphatic hydroxyl groups excluding tert-OH is 1. The van der Waals surface area contributed by atoms with E-state index in [2.05, 4.69) is 5.32 Å². The molecule has 0 aromatic heterocycles. The van der Waals surface area contributed by atoms with Crippen molar-refractivity contribution in [2.24, 2.45) is 0 Å². The number of carbonyl (C=O) groups excluding carboxylic acids is 1. The number of nitrogens with one attached hydrogen (secondary N) is 1. The first kappa shape index (κ1) is 19.7. The molecule has 4 rings (SSSR count). The molecule has 1 aliphatic heterocycles. The number of halogens is 2. The quantitative estimate of drug-likeness (QED) is 0.766. The Morgan fingerprint density at radius 3 is 2.36 bits per heavy atom. The van der Waals surface area contributed by atoms with Crippen LogP contribution in [-0.4, -0.2) is 35.9 Å². The summed E-state index contributed by atoms with van der Waals surface area (Å²) in [6.07, 6.45) is 2.40. The second kappa shape index (κ2) is 7.68. The summed E-state index contributed by atoms with van der Waals surface area (Å²) >= 11 is 12.4. The average Bonchev–Trinajstić information content (AvgIpc) is 2.93. The first-order chi connectivity index (χ1) is 13.4. The van der Waals surface area contributed by atoms with Gasteiger partial charge >= 0.3 is 0 Å². The Morgan fingerprint density at radius 1 is 1.07 bits per heavy atom. The van der Waals surface area contributed by atoms with E-state index in [1.165, 1.54) is 0 Å². The Hall–Kier alpha value is -1.59. The van der Waals surface area contributed by atoms with Gasteiger partial charge in [0, 0.05) is 17.2 Å². The lowest BCUT2D eigenvalue weighted by atomic mass is 9.74. The molecule has 2 N–H and O–H groups in total. The Labute approximate surface area is 174 Å². The molecule has 1 aliphatic carbocycles. The van der Waals surface area contributed by atoms with Crippen LogP contribution in [0.1, 0.15) is 37.2 Å². The van der Waals surface area contributed by atoms with Crippen molar-refractivity contribution in [2.45, 2.75) is 49.3 Å². The van der Waals surface area contributed by atoms with Gasteiger partial charge in [0.15, 0.2) is 0 Å². The Morgan fingerprint density at radius 2 is 1.71 bits per heavy atom. The van der Waals surface area contributed by atoms with Gasteiger partial charge in [-0.25, -0.2) is 0 Å². The molecule has 2 aromatic carbocycles. The predicted molar refractivity (Wildman–Crippen MR) is 111 cm³/mol. The van der Waals surface area contributed by atoms with Crippen LogP contribution in [0.5, 0.6) is 0 Å². The first-order valence-electron chi connectivity index (χ1n) is 9.52. The fourth-order valence-corrected chi connectivity index (χ4v) is 4.90. The number of carbonyl (C=O) groups is 1. The summed E-state index contributed by atoms with van der Waals surface area (Å²) in [5.74, 6) is -0.850. The number of rotatable bonds is 3. The normalized spacial score (nSPS) is 29.9. The van der Waals surface area contributed by atoms with Crippen molar-refractivity contribution in [3.63, 3.8) is 0 Å². The molecule has 2 aliphatic rings. The lowest BCUT2D eigenvalue weighted by Gasteiger charge is -2.39. The van der Waals surface area contributed by atoms with Crippen LogP contribution in [0.15, 0.2) is 42.5 Å². The standard InChI is InChI=1S/C22H23Cl2NO3/c1-28-16-8-10-22(11-9-16)20(26)19(21(27)25-22)17-12-14(4-7-18(17)24)13-2-5-15(23)6-3-13/h2-7,12,16,19-20,26H,8-11H2,1H3,(H,25,27). The van der Waals surface area contributed by atoms with Crippen molar-refractivity contribution < 1.29 is 14.6 Å². The minimum Gasteiger partial charge on any atom is -0.389 e. The van der Waals surface area contributed by atoms with Gasteiger partial charge in [0.2, 0.25) is 5.91 Å². The van der Waals surface area contributed by atoms with Gasteiger partial charge in [0.05, 0.1) is 23.7 Å². The van der Waals surface area contributed by atoms with Gasteiger partial charge < -0.3 is 15.2 Å². The number of ether oxygens (including phenoxy) is 1. The van der Waals surface area contributed by atoms with Crippen LogP contribution in [0.2, 0.25) is 10.0 Å². The molecular formula is C22H23Cl2NO3. The highest BCUT2D eigenvalue weighted by molar-refractivity contribution is 6.32. The third-order valence-electron chi connectivity index (χ3n) is 6.20. The fraction of sp³-hybridized carbons (Fsp3) is 0.409. The summed E-state index contributed by atoms with van der Waals surface area (Å²) in [4.78, 5) is 12.9. The second-order valence-corrected chi connectivity index (χ2v) is 8.59. The molecule has 0 radical (unpaired) electrons. The molecule has 0 bridgehead atoms. The molecule has 2 aromatic rings. The summed E-state index contributed by atoms with van der Waals surface area (Å²) < 4.78 is 5.43. The van der Waals surface area contributed by atoms with Gasteiger partial charge in [-0.3, -0.25) is 4.79 Å². The summed E-state index contributed by atoms with van der Waals surface area (Å²) in [7, 11) is 1.71. The van der Waals surface area contributed by atoms with E-state index < -0.39 is 17.6 Å². The van der Waals surface area contributed by atoms with Crippen molar-refractivity contribution in [3.05, 3.63) is 58.1 Å². The third-order valence-corrected chi connectivity index (χ3v) is 6.80. The number of benzene rings is 2. The van der Waals surface area contributed by atoms with E-state index in [1.54, 1.807) is 13.2 Å².